The van der Waals surface area contributed by atoms with Crippen molar-refractivity contribution in [1.29, 1.82) is 0 Å². The molecule has 0 aromatic rings. The molecule has 2 aliphatic rings. The second-order valence-electron chi connectivity index (χ2n) is 6.59. The number of nitrogens with zero attached hydrogens (tertiary/aromatic N) is 2. The van der Waals surface area contributed by atoms with Gasteiger partial charge >= 0.3 is 6.03 Å². The van der Waals surface area contributed by atoms with Crippen molar-refractivity contribution in [2.45, 2.75) is 46.3 Å². The van der Waals surface area contributed by atoms with Crippen LogP contribution in [0.3, 0.4) is 0 Å². The first-order valence-electron chi connectivity index (χ1n) is 8.79. The van der Waals surface area contributed by atoms with Gasteiger partial charge in [0.15, 0.2) is 0 Å². The number of hydrogen-bond donors (Lipinski definition) is 1. The van der Waals surface area contributed by atoms with Crippen LogP contribution in [0.1, 0.15) is 34.6 Å². The van der Waals surface area contributed by atoms with Crippen LogP contribution in [0.15, 0.2) is 34.4 Å². The highest BCUT2D eigenvalue weighted by molar-refractivity contribution is 6.20. The highest BCUT2D eigenvalue weighted by Crippen LogP contribution is 2.36. The summed E-state index contributed by atoms with van der Waals surface area (Å²) in [7, 11) is 0. The van der Waals surface area contributed by atoms with Crippen molar-refractivity contribution in [1.82, 2.24) is 10.2 Å². The van der Waals surface area contributed by atoms with E-state index in [0.717, 1.165) is 0 Å². The Morgan fingerprint density at radius 1 is 1.46 bits per heavy atom. The van der Waals surface area contributed by atoms with Crippen molar-refractivity contribution in [3.05, 3.63) is 29.4 Å². The Balaban J connectivity index is 2.58. The van der Waals surface area contributed by atoms with Crippen LogP contribution in [-0.2, 0) is 14.3 Å². The van der Waals surface area contributed by atoms with Crippen LogP contribution >= 0.6 is 0 Å². The molecule has 0 radical (unpaired) electrons. The highest BCUT2D eigenvalue weighted by Gasteiger charge is 2.53. The van der Waals surface area contributed by atoms with Crippen molar-refractivity contribution in [3.8, 4) is 0 Å². The number of nitrogens with one attached hydrogen (secondary N) is 1. The molecule has 0 saturated carbocycles. The van der Waals surface area contributed by atoms with Crippen molar-refractivity contribution in [2.75, 3.05) is 13.2 Å². The molecule has 0 aromatic carbocycles. The van der Waals surface area contributed by atoms with Crippen LogP contribution in [-0.4, -0.2) is 53.4 Å². The minimum atomic E-state index is -1.11. The van der Waals surface area contributed by atoms with Crippen molar-refractivity contribution < 1.29 is 19.1 Å². The molecular formula is C19H25N3O4. The zero-order chi connectivity index (χ0) is 19.5. The van der Waals surface area contributed by atoms with E-state index in [4.69, 9.17) is 4.74 Å². The second-order valence-corrected chi connectivity index (χ2v) is 6.59. The predicted octanol–water partition coefficient (Wildman–Crippen LogP) is 2.03. The van der Waals surface area contributed by atoms with E-state index in [1.807, 2.05) is 19.8 Å². The van der Waals surface area contributed by atoms with Gasteiger partial charge in [0, 0.05) is 18.7 Å². The van der Waals surface area contributed by atoms with E-state index >= 15 is 0 Å². The van der Waals surface area contributed by atoms with Crippen LogP contribution in [0.25, 0.3) is 0 Å². The van der Waals surface area contributed by atoms with Crippen LogP contribution in [0.2, 0.25) is 0 Å². The molecule has 26 heavy (non-hydrogen) atoms. The molecule has 2 unspecified atom stereocenters. The normalized spacial score (nSPS) is 25.3. The number of carbonyl (C=O) groups excluding carboxylic acids is 3. The number of urea groups is 1. The molecule has 3 amide bonds. The largest absolute Gasteiger partial charge is 0.368 e. The zero-order valence-corrected chi connectivity index (χ0v) is 15.8. The number of amides is 3. The van der Waals surface area contributed by atoms with E-state index in [2.05, 4.69) is 10.3 Å². The first-order chi connectivity index (χ1) is 12.3. The maximum absolute atomic E-state index is 12.8. The highest BCUT2D eigenvalue weighted by atomic mass is 16.5. The number of allylic oxidation sites excluding steroid dienone is 2. The molecule has 1 heterocycles. The number of ether oxygens (including phenoxy) is 1. The molecule has 140 valence electrons. The van der Waals surface area contributed by atoms with Crippen LogP contribution in [0, 0.1) is 5.92 Å². The Morgan fingerprint density at radius 2 is 2.15 bits per heavy atom. The summed E-state index contributed by atoms with van der Waals surface area (Å²) in [5, 5.41) is 2.74. The Hall–Kier alpha value is -2.50. The summed E-state index contributed by atoms with van der Waals surface area (Å²) < 4.78 is 5.69. The van der Waals surface area contributed by atoms with Crippen molar-refractivity contribution in [3.63, 3.8) is 0 Å². The zero-order valence-electron chi connectivity index (χ0n) is 15.8. The van der Waals surface area contributed by atoms with Gasteiger partial charge < -0.3 is 10.1 Å². The van der Waals surface area contributed by atoms with Gasteiger partial charge in [-0.2, -0.15) is 4.99 Å². The molecule has 0 fully saturated rings. The van der Waals surface area contributed by atoms with E-state index in [-0.39, 0.29) is 11.8 Å². The first-order valence-corrected chi connectivity index (χ1v) is 8.79. The summed E-state index contributed by atoms with van der Waals surface area (Å²) in [4.78, 5) is 42.4. The summed E-state index contributed by atoms with van der Waals surface area (Å²) >= 11 is 0. The molecule has 0 spiro atoms. The smallest absolute Gasteiger partial charge is 0.324 e. The minimum absolute atomic E-state index is 0.162. The fourth-order valence-corrected chi connectivity index (χ4v) is 3.03. The summed E-state index contributed by atoms with van der Waals surface area (Å²) in [5.74, 6) is 1.53. The molecule has 1 aliphatic carbocycles. The molecule has 0 saturated heterocycles. The van der Waals surface area contributed by atoms with E-state index in [1.54, 1.807) is 39.0 Å². The summed E-state index contributed by atoms with van der Waals surface area (Å²) in [6.07, 6.45) is 4.26. The van der Waals surface area contributed by atoms with Gasteiger partial charge in [0.25, 0.3) is 5.91 Å². The summed E-state index contributed by atoms with van der Waals surface area (Å²) in [5.41, 5.74) is -0.316. The fraction of sp³-hybridized carbons (Fsp3) is 0.526. The monoisotopic (exact) mass is 359 g/mol. The topological polar surface area (TPSA) is 88.1 Å². The van der Waals surface area contributed by atoms with Crippen molar-refractivity contribution >= 4 is 23.7 Å². The van der Waals surface area contributed by atoms with Crippen molar-refractivity contribution in [2.24, 2.45) is 10.9 Å². The van der Waals surface area contributed by atoms with Gasteiger partial charge in [0.2, 0.25) is 0 Å². The van der Waals surface area contributed by atoms with Gasteiger partial charge in [-0.15, -0.1) is 0 Å². The molecule has 2 rings (SSSR count). The lowest BCUT2D eigenvalue weighted by Crippen LogP contribution is -2.59. The predicted molar refractivity (Wildman–Crippen MR) is 98.4 cm³/mol. The lowest BCUT2D eigenvalue weighted by atomic mass is 9.86. The molecule has 7 heteroatoms. The third-order valence-corrected chi connectivity index (χ3v) is 4.80. The van der Waals surface area contributed by atoms with Gasteiger partial charge in [-0.05, 0) is 32.8 Å². The molecule has 2 atom stereocenters. The second kappa shape index (κ2) is 7.81. The molecule has 1 N–H and O–H groups in total. The Labute approximate surface area is 153 Å². The molecular weight excluding hydrogens is 334 g/mol. The van der Waals surface area contributed by atoms with Gasteiger partial charge in [0.1, 0.15) is 23.4 Å². The minimum Gasteiger partial charge on any atom is -0.368 e. The SMILES string of the molecule is CCNC(=O)N1C(C2=CC=CC(=C=O)C2OCC)=NC(=O)C1(C)C(C)C. The standard InChI is InChI=1S/C19H25N3O4/c1-6-20-18(25)22-16(21-17(24)19(22,5)12(3)4)14-10-8-9-13(11-23)15(14)26-7-2/h8-10,12,15H,6-7H2,1-5H3,(H,20,25). The van der Waals surface area contributed by atoms with Crippen LogP contribution < -0.4 is 5.32 Å². The quantitative estimate of drug-likeness (QED) is 0.761. The van der Waals surface area contributed by atoms with E-state index < -0.39 is 23.6 Å². The molecule has 0 aromatic heterocycles. The number of hydrogen-bond acceptors (Lipinski definition) is 4. The Kier molecular flexibility index (Phi) is 5.95. The Morgan fingerprint density at radius 3 is 2.69 bits per heavy atom. The maximum atomic E-state index is 12.8. The fourth-order valence-electron chi connectivity index (χ4n) is 3.03. The number of rotatable bonds is 5. The van der Waals surface area contributed by atoms with Gasteiger partial charge in [-0.1, -0.05) is 26.0 Å². The van der Waals surface area contributed by atoms with Gasteiger partial charge in [-0.25, -0.2) is 9.59 Å². The van der Waals surface area contributed by atoms with Crippen LogP contribution in [0.5, 0.6) is 0 Å². The van der Waals surface area contributed by atoms with E-state index in [1.165, 1.54) is 4.90 Å². The Bertz CT molecular complexity index is 744. The van der Waals surface area contributed by atoms with E-state index in [0.29, 0.717) is 24.3 Å². The summed E-state index contributed by atoms with van der Waals surface area (Å²) in [6.45, 7) is 9.82. The molecule has 7 nitrogen and oxygen atoms in total. The lowest BCUT2D eigenvalue weighted by Gasteiger charge is -2.38. The molecule has 1 aliphatic heterocycles. The maximum Gasteiger partial charge on any atom is 0.324 e. The third kappa shape index (κ3) is 3.16. The molecule has 0 bridgehead atoms. The van der Waals surface area contributed by atoms with E-state index in [9.17, 15) is 14.4 Å². The average Bonchev–Trinajstić information content (AvgIpc) is 2.88. The lowest BCUT2D eigenvalue weighted by molar-refractivity contribution is -0.125. The van der Waals surface area contributed by atoms with Gasteiger partial charge in [0.05, 0.1) is 5.57 Å². The number of aliphatic imine (C=N–C) groups is 1. The summed E-state index contributed by atoms with van der Waals surface area (Å²) in [6, 6.07) is -0.407. The first kappa shape index (κ1) is 19.8. The third-order valence-electron chi connectivity index (χ3n) is 4.80. The average molecular weight is 359 g/mol. The van der Waals surface area contributed by atoms with Crippen LogP contribution in [0.4, 0.5) is 4.79 Å². The van der Waals surface area contributed by atoms with Gasteiger partial charge in [-0.3, -0.25) is 9.69 Å². The number of amidine groups is 1. The number of carbonyl (C=O) groups is 2.